The van der Waals surface area contributed by atoms with Crippen molar-refractivity contribution in [3.8, 4) is 0 Å². The van der Waals surface area contributed by atoms with Crippen LogP contribution in [0.15, 0.2) is 18.2 Å². The summed E-state index contributed by atoms with van der Waals surface area (Å²) in [6.07, 6.45) is 1.56. The number of halogens is 2. The topological polar surface area (TPSA) is 52.7 Å². The predicted molar refractivity (Wildman–Crippen MR) is 79.7 cm³/mol. The Kier molecular flexibility index (Phi) is 4.56. The summed E-state index contributed by atoms with van der Waals surface area (Å²) in [5.41, 5.74) is 0.765. The van der Waals surface area contributed by atoms with Gasteiger partial charge in [0, 0.05) is 19.6 Å². The molecule has 0 aliphatic carbocycles. The minimum absolute atomic E-state index is 0.187. The van der Waals surface area contributed by atoms with Crippen molar-refractivity contribution in [2.45, 2.75) is 12.8 Å². The van der Waals surface area contributed by atoms with Crippen LogP contribution in [0.5, 0.6) is 0 Å². The average molecular weight is 323 g/mol. The Morgan fingerprint density at radius 1 is 1.26 bits per heavy atom. The van der Waals surface area contributed by atoms with E-state index >= 15 is 0 Å². The van der Waals surface area contributed by atoms with E-state index < -0.39 is 11.6 Å². The molecule has 0 radical (unpaired) electrons. The van der Waals surface area contributed by atoms with Gasteiger partial charge in [-0.1, -0.05) is 6.07 Å². The lowest BCUT2D eigenvalue weighted by molar-refractivity contribution is -0.128. The van der Waals surface area contributed by atoms with Crippen molar-refractivity contribution in [2.75, 3.05) is 32.7 Å². The minimum Gasteiger partial charge on any atom is -0.336 e. The summed E-state index contributed by atoms with van der Waals surface area (Å²) in [6.45, 7) is 2.64. The number of likely N-dealkylation sites (tertiary alicyclic amines) is 1. The van der Waals surface area contributed by atoms with Gasteiger partial charge < -0.3 is 5.32 Å². The normalized spacial score (nSPS) is 21.7. The Hall–Kier alpha value is -2.02. The third-order valence-corrected chi connectivity index (χ3v) is 4.40. The quantitative estimate of drug-likeness (QED) is 0.911. The number of nitrogens with zero attached hydrogens (tertiary/aromatic N) is 2. The molecule has 7 heteroatoms. The lowest BCUT2D eigenvalue weighted by Gasteiger charge is -2.19. The molecule has 2 aliphatic heterocycles. The maximum absolute atomic E-state index is 13.2. The fraction of sp³-hybridized carbons (Fsp3) is 0.500. The van der Waals surface area contributed by atoms with Gasteiger partial charge in [0.1, 0.15) is 0 Å². The van der Waals surface area contributed by atoms with E-state index in [0.717, 1.165) is 31.1 Å². The van der Waals surface area contributed by atoms with Crippen molar-refractivity contribution >= 4 is 11.9 Å². The molecule has 3 amide bonds. The summed E-state index contributed by atoms with van der Waals surface area (Å²) in [5, 5.41) is 2.61. The molecule has 3 rings (SSSR count). The largest absolute Gasteiger partial charge is 0.336 e. The van der Waals surface area contributed by atoms with E-state index in [-0.39, 0.29) is 18.5 Å². The number of imide groups is 1. The third-order valence-electron chi connectivity index (χ3n) is 4.40. The number of amides is 3. The van der Waals surface area contributed by atoms with Crippen LogP contribution in [0.25, 0.3) is 0 Å². The molecular weight excluding hydrogens is 304 g/mol. The highest BCUT2D eigenvalue weighted by Gasteiger charge is 2.30. The van der Waals surface area contributed by atoms with Crippen molar-refractivity contribution in [1.29, 1.82) is 0 Å². The van der Waals surface area contributed by atoms with Gasteiger partial charge in [-0.3, -0.25) is 14.6 Å². The van der Waals surface area contributed by atoms with Gasteiger partial charge in [0.15, 0.2) is 11.6 Å². The summed E-state index contributed by atoms with van der Waals surface area (Å²) < 4.78 is 26.2. The number of carbonyl (C=O) groups excluding carboxylic acids is 2. The average Bonchev–Trinajstić information content (AvgIpc) is 3.12. The molecular formula is C16H19F2N3O2. The lowest BCUT2D eigenvalue weighted by atomic mass is 9.98. The molecule has 1 unspecified atom stereocenters. The Balaban J connectivity index is 1.51. The molecule has 0 aromatic heterocycles. The molecule has 124 valence electrons. The van der Waals surface area contributed by atoms with Gasteiger partial charge in [-0.15, -0.1) is 0 Å². The van der Waals surface area contributed by atoms with Gasteiger partial charge in [0.05, 0.1) is 6.54 Å². The lowest BCUT2D eigenvalue weighted by Crippen LogP contribution is -2.41. The molecule has 0 saturated carbocycles. The van der Waals surface area contributed by atoms with Gasteiger partial charge >= 0.3 is 6.03 Å². The maximum atomic E-state index is 13.2. The summed E-state index contributed by atoms with van der Waals surface area (Å²) >= 11 is 0. The molecule has 23 heavy (non-hydrogen) atoms. The van der Waals surface area contributed by atoms with E-state index in [1.165, 1.54) is 11.0 Å². The highest BCUT2D eigenvalue weighted by Crippen LogP contribution is 2.22. The smallest absolute Gasteiger partial charge is 0.324 e. The van der Waals surface area contributed by atoms with Crippen molar-refractivity contribution < 1.29 is 18.4 Å². The van der Waals surface area contributed by atoms with Gasteiger partial charge in [-0.2, -0.15) is 0 Å². The zero-order valence-electron chi connectivity index (χ0n) is 12.7. The molecule has 1 N–H and O–H groups in total. The van der Waals surface area contributed by atoms with Crippen LogP contribution >= 0.6 is 0 Å². The van der Waals surface area contributed by atoms with Crippen LogP contribution in [0.2, 0.25) is 0 Å². The molecule has 2 fully saturated rings. The molecule has 2 saturated heterocycles. The van der Waals surface area contributed by atoms with Crippen molar-refractivity contribution in [2.24, 2.45) is 5.92 Å². The summed E-state index contributed by atoms with van der Waals surface area (Å²) in [7, 11) is 0. The molecule has 1 aromatic rings. The van der Waals surface area contributed by atoms with Crippen LogP contribution in [0, 0.1) is 17.6 Å². The van der Waals surface area contributed by atoms with Crippen LogP contribution in [-0.4, -0.2) is 54.5 Å². The number of benzene rings is 1. The van der Waals surface area contributed by atoms with Gasteiger partial charge in [0.2, 0.25) is 5.91 Å². The second-order valence-corrected chi connectivity index (χ2v) is 6.12. The zero-order chi connectivity index (χ0) is 16.4. The van der Waals surface area contributed by atoms with Crippen molar-refractivity contribution in [1.82, 2.24) is 15.1 Å². The molecule has 2 aliphatic rings. The maximum Gasteiger partial charge on any atom is 0.324 e. The molecule has 1 atom stereocenters. The highest BCUT2D eigenvalue weighted by atomic mass is 19.2. The summed E-state index contributed by atoms with van der Waals surface area (Å²) in [6, 6.07) is 3.65. The number of hydrogen-bond donors (Lipinski definition) is 1. The molecule has 2 heterocycles. The van der Waals surface area contributed by atoms with Crippen LogP contribution in [0.1, 0.15) is 12.0 Å². The standard InChI is InChI=1S/C16H19F2N3O2/c17-13-2-1-11(8-14(13)18)7-12-3-5-20(9-12)10-15(22)21-6-4-19-16(21)23/h1-2,8,12H,3-7,9-10H2,(H,19,23). The number of carbonyl (C=O) groups is 2. The second-order valence-electron chi connectivity index (χ2n) is 6.12. The Labute approximate surface area is 133 Å². The Morgan fingerprint density at radius 2 is 2.09 bits per heavy atom. The molecule has 1 aromatic carbocycles. The van der Waals surface area contributed by atoms with Gasteiger partial charge in [-0.05, 0) is 43.0 Å². The SMILES string of the molecule is O=C(CN1CCC(Cc2ccc(F)c(F)c2)C1)N1CCNC1=O. The molecule has 0 bridgehead atoms. The number of rotatable bonds is 4. The van der Waals surface area contributed by atoms with Crippen LogP contribution in [0.3, 0.4) is 0 Å². The van der Waals surface area contributed by atoms with E-state index in [1.54, 1.807) is 6.07 Å². The number of urea groups is 1. The van der Waals surface area contributed by atoms with E-state index in [2.05, 4.69) is 5.32 Å². The highest BCUT2D eigenvalue weighted by molar-refractivity contribution is 5.96. The monoisotopic (exact) mass is 323 g/mol. The number of hydrogen-bond acceptors (Lipinski definition) is 3. The Morgan fingerprint density at radius 3 is 2.78 bits per heavy atom. The summed E-state index contributed by atoms with van der Waals surface area (Å²) in [4.78, 5) is 26.8. The fourth-order valence-electron chi connectivity index (χ4n) is 3.21. The van der Waals surface area contributed by atoms with E-state index in [0.29, 0.717) is 25.4 Å². The fourth-order valence-corrected chi connectivity index (χ4v) is 3.21. The second kappa shape index (κ2) is 6.62. The van der Waals surface area contributed by atoms with E-state index in [1.807, 2.05) is 4.90 Å². The Bertz CT molecular complexity index is 623. The van der Waals surface area contributed by atoms with Crippen LogP contribution < -0.4 is 5.32 Å². The third kappa shape index (κ3) is 3.67. The van der Waals surface area contributed by atoms with Crippen LogP contribution in [-0.2, 0) is 11.2 Å². The van der Waals surface area contributed by atoms with Crippen LogP contribution in [0.4, 0.5) is 13.6 Å². The number of nitrogens with one attached hydrogen (secondary N) is 1. The van der Waals surface area contributed by atoms with E-state index in [4.69, 9.17) is 0 Å². The van der Waals surface area contributed by atoms with Crippen molar-refractivity contribution in [3.63, 3.8) is 0 Å². The summed E-state index contributed by atoms with van der Waals surface area (Å²) in [5.74, 6) is -1.54. The van der Waals surface area contributed by atoms with E-state index in [9.17, 15) is 18.4 Å². The predicted octanol–water partition coefficient (Wildman–Crippen LogP) is 1.38. The molecule has 0 spiro atoms. The van der Waals surface area contributed by atoms with Crippen molar-refractivity contribution in [3.05, 3.63) is 35.4 Å². The zero-order valence-corrected chi connectivity index (χ0v) is 12.7. The first kappa shape index (κ1) is 15.9. The van der Waals surface area contributed by atoms with Gasteiger partial charge in [0.25, 0.3) is 0 Å². The first-order chi connectivity index (χ1) is 11.0. The minimum atomic E-state index is -0.837. The first-order valence-corrected chi connectivity index (χ1v) is 7.77. The first-order valence-electron chi connectivity index (χ1n) is 7.77. The molecule has 5 nitrogen and oxygen atoms in total. The van der Waals surface area contributed by atoms with Gasteiger partial charge in [-0.25, -0.2) is 13.6 Å².